The normalized spacial score (nSPS) is 10.7. The zero-order valence-corrected chi connectivity index (χ0v) is 15.1. The summed E-state index contributed by atoms with van der Waals surface area (Å²) < 4.78 is 15.8. The monoisotopic (exact) mass is 372 g/mol. The smallest absolute Gasteiger partial charge is 0.344 e. The largest absolute Gasteiger partial charge is 0.482 e. The van der Waals surface area contributed by atoms with Gasteiger partial charge in [-0.2, -0.15) is 0 Å². The lowest BCUT2D eigenvalue weighted by molar-refractivity contribution is -0.147. The fourth-order valence-electron chi connectivity index (χ4n) is 2.48. The Kier molecular flexibility index (Phi) is 5.28. The fourth-order valence-corrected chi connectivity index (χ4v) is 2.60. The van der Waals surface area contributed by atoms with Gasteiger partial charge in [-0.15, -0.1) is 0 Å². The van der Waals surface area contributed by atoms with Gasteiger partial charge in [0.15, 0.2) is 6.61 Å². The van der Waals surface area contributed by atoms with E-state index < -0.39 is 11.6 Å². The van der Waals surface area contributed by atoms with Crippen LogP contribution in [0.15, 0.2) is 51.7 Å². The number of rotatable bonds is 5. The predicted molar refractivity (Wildman–Crippen MR) is 98.7 cm³/mol. The second kappa shape index (κ2) is 7.62. The number of carbonyl (C=O) groups is 1. The van der Waals surface area contributed by atoms with Gasteiger partial charge in [-0.3, -0.25) is 0 Å². The molecule has 0 N–H and O–H groups in total. The lowest BCUT2D eigenvalue weighted by Gasteiger charge is -2.10. The first-order chi connectivity index (χ1) is 12.4. The molecule has 26 heavy (non-hydrogen) atoms. The number of fused-ring (bicyclic) bond motifs is 1. The van der Waals surface area contributed by atoms with Crippen LogP contribution >= 0.6 is 11.6 Å². The highest BCUT2D eigenvalue weighted by Gasteiger charge is 2.11. The van der Waals surface area contributed by atoms with Crippen LogP contribution in [-0.2, 0) is 16.1 Å². The number of benzene rings is 2. The molecule has 5 nitrogen and oxygen atoms in total. The first-order valence-electron chi connectivity index (χ1n) is 8.00. The molecule has 0 fully saturated rings. The molecule has 0 aliphatic heterocycles. The molecule has 0 saturated heterocycles. The summed E-state index contributed by atoms with van der Waals surface area (Å²) in [5, 5.41) is 1.33. The van der Waals surface area contributed by atoms with Crippen molar-refractivity contribution in [1.29, 1.82) is 0 Å². The average Bonchev–Trinajstić information content (AvgIpc) is 2.60. The Labute approximate surface area is 155 Å². The molecule has 1 aromatic heterocycles. The molecule has 2 aromatic carbocycles. The summed E-state index contributed by atoms with van der Waals surface area (Å²) in [5.74, 6) is -0.0200. The number of ether oxygens (including phenoxy) is 2. The third kappa shape index (κ3) is 4.24. The van der Waals surface area contributed by atoms with E-state index in [0.717, 1.165) is 16.5 Å². The van der Waals surface area contributed by atoms with Crippen LogP contribution in [0.25, 0.3) is 11.0 Å². The van der Waals surface area contributed by atoms with Crippen LogP contribution in [0.2, 0.25) is 5.02 Å². The molecule has 3 aromatic rings. The van der Waals surface area contributed by atoms with Gasteiger partial charge >= 0.3 is 11.6 Å². The highest BCUT2D eigenvalue weighted by atomic mass is 35.5. The number of carbonyl (C=O) groups excluding carboxylic acids is 1. The summed E-state index contributed by atoms with van der Waals surface area (Å²) in [6, 6.07) is 11.7. The molecule has 0 unspecified atom stereocenters. The van der Waals surface area contributed by atoms with E-state index in [0.29, 0.717) is 21.9 Å². The molecule has 0 radical (unpaired) electrons. The molecule has 0 bridgehead atoms. The van der Waals surface area contributed by atoms with Gasteiger partial charge in [-0.25, -0.2) is 9.59 Å². The van der Waals surface area contributed by atoms with Crippen molar-refractivity contribution in [3.63, 3.8) is 0 Å². The van der Waals surface area contributed by atoms with Gasteiger partial charge in [0.2, 0.25) is 0 Å². The quantitative estimate of drug-likeness (QED) is 0.496. The SMILES string of the molecule is Cc1cc2oc(=O)cc(COC(=O)COc3ccc(Cl)cc3)c2cc1C. The minimum absolute atomic E-state index is 0.0343. The average molecular weight is 373 g/mol. The fraction of sp³-hybridized carbons (Fsp3) is 0.200. The molecule has 6 heteroatoms. The van der Waals surface area contributed by atoms with E-state index in [9.17, 15) is 9.59 Å². The van der Waals surface area contributed by atoms with E-state index in [4.69, 9.17) is 25.5 Å². The summed E-state index contributed by atoms with van der Waals surface area (Å²) in [6.07, 6.45) is 0. The Balaban J connectivity index is 1.69. The Hall–Kier alpha value is -2.79. The van der Waals surface area contributed by atoms with Gasteiger partial charge in [-0.1, -0.05) is 11.6 Å². The van der Waals surface area contributed by atoms with Gasteiger partial charge in [0.25, 0.3) is 0 Å². The Morgan fingerprint density at radius 1 is 1.08 bits per heavy atom. The van der Waals surface area contributed by atoms with Crippen LogP contribution in [0.3, 0.4) is 0 Å². The maximum Gasteiger partial charge on any atom is 0.344 e. The zero-order chi connectivity index (χ0) is 18.7. The molecule has 0 aliphatic rings. The lowest BCUT2D eigenvalue weighted by Crippen LogP contribution is -2.15. The topological polar surface area (TPSA) is 65.7 Å². The van der Waals surface area contributed by atoms with Crippen LogP contribution in [-0.4, -0.2) is 12.6 Å². The molecule has 134 valence electrons. The van der Waals surface area contributed by atoms with Gasteiger partial charge in [-0.05, 0) is 61.4 Å². The first kappa shape index (κ1) is 18.0. The molecule has 0 saturated carbocycles. The van der Waals surface area contributed by atoms with Crippen molar-refractivity contribution >= 4 is 28.5 Å². The van der Waals surface area contributed by atoms with Crippen LogP contribution in [0.1, 0.15) is 16.7 Å². The van der Waals surface area contributed by atoms with Crippen molar-refractivity contribution in [3.05, 3.63) is 74.6 Å². The summed E-state index contributed by atoms with van der Waals surface area (Å²) in [6.45, 7) is 3.64. The second-order valence-corrected chi connectivity index (χ2v) is 6.36. The van der Waals surface area contributed by atoms with Gasteiger partial charge in [0, 0.05) is 22.0 Å². The highest BCUT2D eigenvalue weighted by Crippen LogP contribution is 2.22. The van der Waals surface area contributed by atoms with Gasteiger partial charge in [0.1, 0.15) is 17.9 Å². The maximum atomic E-state index is 11.9. The summed E-state index contributed by atoms with van der Waals surface area (Å²) >= 11 is 5.79. The number of hydrogen-bond donors (Lipinski definition) is 0. The van der Waals surface area contributed by atoms with E-state index >= 15 is 0 Å². The Morgan fingerprint density at radius 3 is 2.50 bits per heavy atom. The number of esters is 1. The molecule has 0 amide bonds. The minimum Gasteiger partial charge on any atom is -0.482 e. The highest BCUT2D eigenvalue weighted by molar-refractivity contribution is 6.30. The molecule has 0 atom stereocenters. The zero-order valence-electron chi connectivity index (χ0n) is 14.4. The van der Waals surface area contributed by atoms with Crippen LogP contribution in [0, 0.1) is 13.8 Å². The van der Waals surface area contributed by atoms with Gasteiger partial charge < -0.3 is 13.9 Å². The van der Waals surface area contributed by atoms with Gasteiger partial charge in [0.05, 0.1) is 0 Å². The summed E-state index contributed by atoms with van der Waals surface area (Å²) in [5.41, 5.74) is 2.67. The summed E-state index contributed by atoms with van der Waals surface area (Å²) in [4.78, 5) is 23.7. The molecular formula is C20H17ClO5. The van der Waals surface area contributed by atoms with E-state index in [1.807, 2.05) is 19.9 Å². The van der Waals surface area contributed by atoms with Crippen molar-refractivity contribution in [3.8, 4) is 5.75 Å². The molecule has 0 aliphatic carbocycles. The van der Waals surface area contributed by atoms with Crippen molar-refractivity contribution in [2.24, 2.45) is 0 Å². The van der Waals surface area contributed by atoms with Crippen molar-refractivity contribution in [2.75, 3.05) is 6.61 Å². The first-order valence-corrected chi connectivity index (χ1v) is 8.38. The maximum absolute atomic E-state index is 11.9. The lowest BCUT2D eigenvalue weighted by atomic mass is 10.0. The van der Waals surface area contributed by atoms with Crippen molar-refractivity contribution < 1.29 is 18.7 Å². The van der Waals surface area contributed by atoms with Crippen molar-refractivity contribution in [2.45, 2.75) is 20.5 Å². The minimum atomic E-state index is -0.537. The van der Waals surface area contributed by atoms with E-state index in [1.54, 1.807) is 30.3 Å². The predicted octanol–water partition coefficient (Wildman–Crippen LogP) is 4.19. The van der Waals surface area contributed by atoms with E-state index in [-0.39, 0.29) is 13.2 Å². The molecular weight excluding hydrogens is 356 g/mol. The van der Waals surface area contributed by atoms with Crippen LogP contribution in [0.5, 0.6) is 5.75 Å². The summed E-state index contributed by atoms with van der Waals surface area (Å²) in [7, 11) is 0. The molecule has 0 spiro atoms. The Bertz CT molecular complexity index is 1010. The van der Waals surface area contributed by atoms with E-state index in [1.165, 1.54) is 6.07 Å². The standard InChI is InChI=1S/C20H17ClO5/c1-12-7-17-14(9-19(22)26-18(17)8-13(12)2)10-25-20(23)11-24-16-5-3-15(21)4-6-16/h3-9H,10-11H2,1-2H3. The number of hydrogen-bond acceptors (Lipinski definition) is 5. The third-order valence-electron chi connectivity index (χ3n) is 4.00. The van der Waals surface area contributed by atoms with Crippen molar-refractivity contribution in [1.82, 2.24) is 0 Å². The van der Waals surface area contributed by atoms with Crippen LogP contribution < -0.4 is 10.4 Å². The number of aryl methyl sites for hydroxylation is 2. The third-order valence-corrected chi connectivity index (χ3v) is 4.26. The molecule has 1 heterocycles. The van der Waals surface area contributed by atoms with E-state index in [2.05, 4.69) is 0 Å². The molecule has 3 rings (SSSR count). The second-order valence-electron chi connectivity index (χ2n) is 5.93. The van der Waals surface area contributed by atoms with Crippen LogP contribution in [0.4, 0.5) is 0 Å². The Morgan fingerprint density at radius 2 is 1.77 bits per heavy atom. The number of halogens is 1.